The number of hydrogen-bond acceptors (Lipinski definition) is 3. The number of likely N-dealkylation sites (N-methyl/N-ethyl adjacent to an activating group) is 1. The van der Waals surface area contributed by atoms with Gasteiger partial charge in [-0.3, -0.25) is 14.5 Å². The van der Waals surface area contributed by atoms with E-state index in [0.717, 1.165) is 11.3 Å². The van der Waals surface area contributed by atoms with Gasteiger partial charge in [0.15, 0.2) is 0 Å². The molecule has 1 amide bonds. The van der Waals surface area contributed by atoms with Crippen molar-refractivity contribution in [2.24, 2.45) is 0 Å². The first-order valence-corrected chi connectivity index (χ1v) is 5.69. The molecule has 2 N–H and O–H groups in total. The predicted octanol–water partition coefficient (Wildman–Crippen LogP) is 1.55. The van der Waals surface area contributed by atoms with Crippen molar-refractivity contribution in [2.45, 2.75) is 26.4 Å². The second-order valence-corrected chi connectivity index (χ2v) is 4.31. The third-order valence-electron chi connectivity index (χ3n) is 2.70. The van der Waals surface area contributed by atoms with E-state index in [1.807, 2.05) is 18.2 Å². The Morgan fingerprint density at radius 3 is 2.67 bits per heavy atom. The van der Waals surface area contributed by atoms with Crippen LogP contribution in [-0.2, 0) is 16.1 Å². The Bertz CT molecular complexity index is 446. The summed E-state index contributed by atoms with van der Waals surface area (Å²) in [6.07, 6.45) is 0. The molecule has 1 unspecified atom stereocenters. The van der Waals surface area contributed by atoms with Crippen molar-refractivity contribution in [3.05, 3.63) is 29.8 Å². The van der Waals surface area contributed by atoms with Crippen LogP contribution < -0.4 is 5.32 Å². The molecule has 0 saturated heterocycles. The van der Waals surface area contributed by atoms with Gasteiger partial charge < -0.3 is 10.4 Å². The molecule has 5 nitrogen and oxygen atoms in total. The average molecular weight is 250 g/mol. The van der Waals surface area contributed by atoms with E-state index < -0.39 is 12.0 Å². The van der Waals surface area contributed by atoms with Crippen molar-refractivity contribution in [1.29, 1.82) is 0 Å². The van der Waals surface area contributed by atoms with Gasteiger partial charge in [-0.15, -0.1) is 0 Å². The molecule has 1 rings (SSSR count). The van der Waals surface area contributed by atoms with Gasteiger partial charge in [0.25, 0.3) is 0 Å². The van der Waals surface area contributed by atoms with E-state index in [2.05, 4.69) is 5.32 Å². The molecule has 18 heavy (non-hydrogen) atoms. The maximum Gasteiger partial charge on any atom is 0.320 e. The van der Waals surface area contributed by atoms with Gasteiger partial charge in [-0.1, -0.05) is 12.1 Å². The van der Waals surface area contributed by atoms with E-state index in [1.165, 1.54) is 6.92 Å². The molecule has 0 bridgehead atoms. The van der Waals surface area contributed by atoms with Crippen molar-refractivity contribution in [1.82, 2.24) is 4.90 Å². The highest BCUT2D eigenvalue weighted by molar-refractivity contribution is 5.88. The van der Waals surface area contributed by atoms with E-state index in [1.54, 1.807) is 24.9 Å². The third-order valence-corrected chi connectivity index (χ3v) is 2.70. The number of carbonyl (C=O) groups excluding carboxylic acids is 1. The molecule has 0 aliphatic carbocycles. The van der Waals surface area contributed by atoms with E-state index in [-0.39, 0.29) is 5.91 Å². The summed E-state index contributed by atoms with van der Waals surface area (Å²) in [5.74, 6) is -0.977. The number of amides is 1. The van der Waals surface area contributed by atoms with Crippen LogP contribution in [0, 0.1) is 0 Å². The maximum absolute atomic E-state index is 10.9. The Labute approximate surface area is 106 Å². The molecule has 1 aromatic carbocycles. The van der Waals surface area contributed by atoms with Crippen LogP contribution in [-0.4, -0.2) is 35.0 Å². The Hall–Kier alpha value is -1.88. The lowest BCUT2D eigenvalue weighted by Crippen LogP contribution is -2.35. The van der Waals surface area contributed by atoms with Crippen molar-refractivity contribution in [3.8, 4) is 0 Å². The largest absolute Gasteiger partial charge is 0.480 e. The summed E-state index contributed by atoms with van der Waals surface area (Å²) in [7, 11) is 1.75. The first-order valence-electron chi connectivity index (χ1n) is 5.69. The summed E-state index contributed by atoms with van der Waals surface area (Å²) in [5, 5.41) is 11.6. The number of carboxylic acids is 1. The predicted molar refractivity (Wildman–Crippen MR) is 69.3 cm³/mol. The minimum Gasteiger partial charge on any atom is -0.480 e. The zero-order valence-corrected chi connectivity index (χ0v) is 10.8. The average Bonchev–Trinajstić information content (AvgIpc) is 2.27. The zero-order chi connectivity index (χ0) is 13.7. The second-order valence-electron chi connectivity index (χ2n) is 4.31. The topological polar surface area (TPSA) is 69.6 Å². The fourth-order valence-corrected chi connectivity index (χ4v) is 1.56. The quantitative estimate of drug-likeness (QED) is 0.832. The van der Waals surface area contributed by atoms with E-state index in [9.17, 15) is 9.59 Å². The highest BCUT2D eigenvalue weighted by atomic mass is 16.4. The molecule has 5 heteroatoms. The molecular weight excluding hydrogens is 232 g/mol. The first kappa shape index (κ1) is 14.2. The zero-order valence-electron chi connectivity index (χ0n) is 10.8. The van der Waals surface area contributed by atoms with Gasteiger partial charge in [-0.2, -0.15) is 0 Å². The SMILES string of the molecule is CC(=O)Nc1cccc(CN(C)C(C)C(=O)O)c1. The van der Waals surface area contributed by atoms with Crippen molar-refractivity contribution in [2.75, 3.05) is 12.4 Å². The van der Waals surface area contributed by atoms with E-state index in [0.29, 0.717) is 6.54 Å². The van der Waals surface area contributed by atoms with Crippen LogP contribution in [0.3, 0.4) is 0 Å². The van der Waals surface area contributed by atoms with Crippen LogP contribution in [0.4, 0.5) is 5.69 Å². The Morgan fingerprint density at radius 1 is 1.44 bits per heavy atom. The molecule has 0 fully saturated rings. The summed E-state index contributed by atoms with van der Waals surface area (Å²) in [6.45, 7) is 3.60. The van der Waals surface area contributed by atoms with Crippen LogP contribution in [0.15, 0.2) is 24.3 Å². The van der Waals surface area contributed by atoms with Crippen LogP contribution in [0.1, 0.15) is 19.4 Å². The molecule has 0 aromatic heterocycles. The number of aliphatic carboxylic acids is 1. The molecule has 1 atom stereocenters. The van der Waals surface area contributed by atoms with E-state index >= 15 is 0 Å². The number of nitrogens with zero attached hydrogens (tertiary/aromatic N) is 1. The van der Waals surface area contributed by atoms with Gasteiger partial charge in [0.1, 0.15) is 6.04 Å². The summed E-state index contributed by atoms with van der Waals surface area (Å²) >= 11 is 0. The highest BCUT2D eigenvalue weighted by Crippen LogP contribution is 2.13. The molecule has 0 aliphatic heterocycles. The van der Waals surface area contributed by atoms with Gasteiger partial charge >= 0.3 is 5.97 Å². The Balaban J connectivity index is 2.72. The molecule has 98 valence electrons. The Morgan fingerprint density at radius 2 is 2.11 bits per heavy atom. The normalized spacial score (nSPS) is 12.2. The molecule has 0 spiro atoms. The minimum atomic E-state index is -0.851. The molecule has 1 aromatic rings. The van der Waals surface area contributed by atoms with Crippen molar-refractivity contribution < 1.29 is 14.7 Å². The monoisotopic (exact) mass is 250 g/mol. The van der Waals surface area contributed by atoms with Crippen LogP contribution in [0.25, 0.3) is 0 Å². The lowest BCUT2D eigenvalue weighted by atomic mass is 10.1. The summed E-state index contributed by atoms with van der Waals surface area (Å²) in [4.78, 5) is 23.5. The van der Waals surface area contributed by atoms with Crippen LogP contribution in [0.5, 0.6) is 0 Å². The lowest BCUT2D eigenvalue weighted by molar-refractivity contribution is -0.142. The number of anilines is 1. The molecule has 0 heterocycles. The number of nitrogens with one attached hydrogen (secondary N) is 1. The molecular formula is C13H18N2O3. The van der Waals surface area contributed by atoms with Gasteiger partial charge in [-0.25, -0.2) is 0 Å². The third kappa shape index (κ3) is 4.18. The van der Waals surface area contributed by atoms with Gasteiger partial charge in [0.2, 0.25) is 5.91 Å². The van der Waals surface area contributed by atoms with Crippen molar-refractivity contribution >= 4 is 17.6 Å². The maximum atomic E-state index is 10.9. The number of benzene rings is 1. The van der Waals surface area contributed by atoms with Crippen LogP contribution in [0.2, 0.25) is 0 Å². The minimum absolute atomic E-state index is 0.126. The standard InChI is InChI=1S/C13H18N2O3/c1-9(13(17)18)15(3)8-11-5-4-6-12(7-11)14-10(2)16/h4-7,9H,8H2,1-3H3,(H,14,16)(H,17,18). The van der Waals surface area contributed by atoms with Gasteiger partial charge in [0.05, 0.1) is 0 Å². The molecule has 0 aliphatic rings. The summed E-state index contributed by atoms with van der Waals surface area (Å²) in [5.41, 5.74) is 1.67. The number of carbonyl (C=O) groups is 2. The fourth-order valence-electron chi connectivity index (χ4n) is 1.56. The fraction of sp³-hybridized carbons (Fsp3) is 0.385. The number of hydrogen-bond donors (Lipinski definition) is 2. The second kappa shape index (κ2) is 6.16. The molecule has 0 radical (unpaired) electrons. The first-order chi connectivity index (χ1) is 8.40. The summed E-state index contributed by atoms with van der Waals surface area (Å²) in [6, 6.07) is 6.82. The lowest BCUT2D eigenvalue weighted by Gasteiger charge is -2.21. The number of carboxylic acid groups (broad SMARTS) is 1. The summed E-state index contributed by atoms with van der Waals surface area (Å²) < 4.78 is 0. The molecule has 0 saturated carbocycles. The smallest absolute Gasteiger partial charge is 0.320 e. The van der Waals surface area contributed by atoms with Crippen molar-refractivity contribution in [3.63, 3.8) is 0 Å². The number of rotatable bonds is 5. The van der Waals surface area contributed by atoms with Gasteiger partial charge in [0, 0.05) is 19.2 Å². The van der Waals surface area contributed by atoms with Gasteiger partial charge in [-0.05, 0) is 31.7 Å². The van der Waals surface area contributed by atoms with E-state index in [4.69, 9.17) is 5.11 Å². The van der Waals surface area contributed by atoms with Crippen LogP contribution >= 0.6 is 0 Å². The highest BCUT2D eigenvalue weighted by Gasteiger charge is 2.16. The Kier molecular flexibility index (Phi) is 4.85.